The van der Waals surface area contributed by atoms with E-state index in [0.717, 1.165) is 11.4 Å². The molecule has 0 aliphatic rings. The molecule has 0 heterocycles. The van der Waals surface area contributed by atoms with E-state index in [0.29, 0.717) is 0 Å². The second-order valence-electron chi connectivity index (χ2n) is 5.24. The number of nitrogen functional groups attached to an aromatic ring is 2. The van der Waals surface area contributed by atoms with Gasteiger partial charge in [-0.15, -0.1) is 0 Å². The molecule has 2 heteroatoms. The molecule has 2 nitrogen and oxygen atoms in total. The third-order valence-electron chi connectivity index (χ3n) is 3.69. The van der Waals surface area contributed by atoms with Crippen molar-refractivity contribution in [3.63, 3.8) is 0 Å². The van der Waals surface area contributed by atoms with Gasteiger partial charge >= 0.3 is 0 Å². The molecule has 0 atom stereocenters. The highest BCUT2D eigenvalue weighted by molar-refractivity contribution is 5.86. The van der Waals surface area contributed by atoms with Crippen LogP contribution in [0.25, 0.3) is 22.3 Å². The van der Waals surface area contributed by atoms with Gasteiger partial charge in [-0.3, -0.25) is 0 Å². The highest BCUT2D eigenvalue weighted by atomic mass is 14.5. The van der Waals surface area contributed by atoms with Crippen molar-refractivity contribution in [2.24, 2.45) is 0 Å². The van der Waals surface area contributed by atoms with Gasteiger partial charge in [0.1, 0.15) is 0 Å². The highest BCUT2D eigenvalue weighted by Gasteiger charge is 2.09. The number of hydrogen-bond acceptors (Lipinski definition) is 2. The molecule has 0 spiro atoms. The van der Waals surface area contributed by atoms with Crippen LogP contribution >= 0.6 is 0 Å². The van der Waals surface area contributed by atoms with Gasteiger partial charge in [-0.2, -0.15) is 0 Å². The average molecular weight is 274 g/mol. The Morgan fingerprint density at radius 3 is 1.71 bits per heavy atom. The Morgan fingerprint density at radius 2 is 1.14 bits per heavy atom. The third-order valence-corrected chi connectivity index (χ3v) is 3.69. The molecule has 0 saturated heterocycles. The Balaban J connectivity index is 2.20. The molecule has 0 fully saturated rings. The molecular weight excluding hydrogens is 256 g/mol. The van der Waals surface area contributed by atoms with Crippen molar-refractivity contribution in [3.05, 3.63) is 72.3 Å². The molecule has 0 saturated carbocycles. The van der Waals surface area contributed by atoms with Crippen LogP contribution in [0.15, 0.2) is 66.7 Å². The zero-order valence-electron chi connectivity index (χ0n) is 12.0. The van der Waals surface area contributed by atoms with Crippen LogP contribution in [0.2, 0.25) is 0 Å². The van der Waals surface area contributed by atoms with Crippen LogP contribution in [0, 0.1) is 6.92 Å². The van der Waals surface area contributed by atoms with E-state index in [1.165, 1.54) is 27.8 Å². The summed E-state index contributed by atoms with van der Waals surface area (Å²) in [6, 6.07) is 22.4. The Labute approximate surface area is 125 Å². The lowest BCUT2D eigenvalue weighted by Crippen LogP contribution is -1.91. The van der Waals surface area contributed by atoms with E-state index < -0.39 is 0 Å². The fraction of sp³-hybridized carbons (Fsp3) is 0.0526. The van der Waals surface area contributed by atoms with Crippen molar-refractivity contribution in [1.82, 2.24) is 0 Å². The Hall–Kier alpha value is -2.74. The molecule has 0 unspecified atom stereocenters. The van der Waals surface area contributed by atoms with Crippen LogP contribution in [0.3, 0.4) is 0 Å². The molecule has 0 radical (unpaired) electrons. The number of nitrogens with two attached hydrogens (primary N) is 2. The molecule has 3 rings (SSSR count). The molecule has 0 amide bonds. The molecule has 21 heavy (non-hydrogen) atoms. The van der Waals surface area contributed by atoms with Crippen molar-refractivity contribution >= 4 is 11.4 Å². The first kappa shape index (κ1) is 13.3. The first-order valence-corrected chi connectivity index (χ1v) is 6.96. The van der Waals surface area contributed by atoms with Gasteiger partial charge < -0.3 is 11.5 Å². The van der Waals surface area contributed by atoms with E-state index in [4.69, 9.17) is 11.5 Å². The first-order valence-electron chi connectivity index (χ1n) is 6.96. The van der Waals surface area contributed by atoms with Crippen LogP contribution in [0.5, 0.6) is 0 Å². The van der Waals surface area contributed by atoms with Gasteiger partial charge in [-0.05, 0) is 59.0 Å². The van der Waals surface area contributed by atoms with Crippen LogP contribution in [-0.2, 0) is 0 Å². The maximum absolute atomic E-state index is 5.79. The summed E-state index contributed by atoms with van der Waals surface area (Å²) in [5.74, 6) is 0. The molecule has 0 aromatic heterocycles. The standard InChI is InChI=1S/C19H18N2/c1-13-3-2-4-18(14-5-9-16(20)10-6-14)19(13)15-7-11-17(21)12-8-15/h2-12H,20-21H2,1H3. The van der Waals surface area contributed by atoms with E-state index in [2.05, 4.69) is 49.4 Å². The smallest absolute Gasteiger partial charge is 0.0314 e. The molecule has 3 aromatic rings. The van der Waals surface area contributed by atoms with Gasteiger partial charge in [0.15, 0.2) is 0 Å². The van der Waals surface area contributed by atoms with E-state index >= 15 is 0 Å². The van der Waals surface area contributed by atoms with Crippen molar-refractivity contribution in [1.29, 1.82) is 0 Å². The predicted octanol–water partition coefficient (Wildman–Crippen LogP) is 4.49. The number of benzene rings is 3. The molecule has 104 valence electrons. The summed E-state index contributed by atoms with van der Waals surface area (Å²) in [6.07, 6.45) is 0. The van der Waals surface area contributed by atoms with Crippen molar-refractivity contribution in [3.8, 4) is 22.3 Å². The second-order valence-corrected chi connectivity index (χ2v) is 5.24. The lowest BCUT2D eigenvalue weighted by molar-refractivity contribution is 1.45. The topological polar surface area (TPSA) is 52.0 Å². The predicted molar refractivity (Wildman–Crippen MR) is 90.9 cm³/mol. The highest BCUT2D eigenvalue weighted by Crippen LogP contribution is 2.35. The van der Waals surface area contributed by atoms with Gasteiger partial charge in [0, 0.05) is 11.4 Å². The fourth-order valence-corrected chi connectivity index (χ4v) is 2.60. The average Bonchev–Trinajstić information content (AvgIpc) is 2.49. The van der Waals surface area contributed by atoms with Crippen molar-refractivity contribution in [2.45, 2.75) is 6.92 Å². The van der Waals surface area contributed by atoms with Crippen LogP contribution in [-0.4, -0.2) is 0 Å². The van der Waals surface area contributed by atoms with Crippen molar-refractivity contribution < 1.29 is 0 Å². The van der Waals surface area contributed by atoms with E-state index in [-0.39, 0.29) is 0 Å². The molecule has 0 bridgehead atoms. The zero-order chi connectivity index (χ0) is 14.8. The minimum Gasteiger partial charge on any atom is -0.399 e. The van der Waals surface area contributed by atoms with Gasteiger partial charge in [0.05, 0.1) is 0 Å². The van der Waals surface area contributed by atoms with Crippen LogP contribution < -0.4 is 11.5 Å². The SMILES string of the molecule is Cc1cccc(-c2ccc(N)cc2)c1-c1ccc(N)cc1. The number of aryl methyl sites for hydroxylation is 1. The molecule has 0 aliphatic heterocycles. The summed E-state index contributed by atoms with van der Waals surface area (Å²) in [5, 5.41) is 0. The fourth-order valence-electron chi connectivity index (χ4n) is 2.60. The minimum atomic E-state index is 0.778. The Morgan fingerprint density at radius 1 is 0.619 bits per heavy atom. The second kappa shape index (κ2) is 5.33. The summed E-state index contributed by atoms with van der Waals surface area (Å²) in [6.45, 7) is 2.13. The Kier molecular flexibility index (Phi) is 3.36. The van der Waals surface area contributed by atoms with Gasteiger partial charge in [0.2, 0.25) is 0 Å². The maximum atomic E-state index is 5.79. The van der Waals surface area contributed by atoms with E-state index in [1.54, 1.807) is 0 Å². The molecular formula is C19H18N2. The molecule has 0 aliphatic carbocycles. The summed E-state index contributed by atoms with van der Waals surface area (Å²) in [4.78, 5) is 0. The van der Waals surface area contributed by atoms with Crippen molar-refractivity contribution in [2.75, 3.05) is 11.5 Å². The largest absolute Gasteiger partial charge is 0.399 e. The lowest BCUT2D eigenvalue weighted by Gasteiger charge is -2.14. The van der Waals surface area contributed by atoms with E-state index in [9.17, 15) is 0 Å². The first-order chi connectivity index (χ1) is 10.1. The third kappa shape index (κ3) is 2.61. The minimum absolute atomic E-state index is 0.778. The number of anilines is 2. The molecule has 4 N–H and O–H groups in total. The lowest BCUT2D eigenvalue weighted by atomic mass is 9.91. The van der Waals surface area contributed by atoms with E-state index in [1.807, 2.05) is 24.3 Å². The zero-order valence-corrected chi connectivity index (χ0v) is 12.0. The quantitative estimate of drug-likeness (QED) is 0.676. The van der Waals surface area contributed by atoms with Gasteiger partial charge in [0.25, 0.3) is 0 Å². The Bertz CT molecular complexity index is 757. The number of rotatable bonds is 2. The summed E-state index contributed by atoms with van der Waals surface area (Å²) >= 11 is 0. The van der Waals surface area contributed by atoms with Crippen LogP contribution in [0.1, 0.15) is 5.56 Å². The summed E-state index contributed by atoms with van der Waals surface area (Å²) in [7, 11) is 0. The summed E-state index contributed by atoms with van der Waals surface area (Å²) < 4.78 is 0. The maximum Gasteiger partial charge on any atom is 0.0314 e. The monoisotopic (exact) mass is 274 g/mol. The normalized spacial score (nSPS) is 10.5. The molecule has 3 aromatic carbocycles. The summed E-state index contributed by atoms with van der Waals surface area (Å²) in [5.41, 5.74) is 19.2. The van der Waals surface area contributed by atoms with Gasteiger partial charge in [-0.1, -0.05) is 42.5 Å². The van der Waals surface area contributed by atoms with Gasteiger partial charge in [-0.25, -0.2) is 0 Å². The number of hydrogen-bond donors (Lipinski definition) is 2. The van der Waals surface area contributed by atoms with Crippen LogP contribution in [0.4, 0.5) is 11.4 Å².